The molecule has 0 heterocycles. The Morgan fingerprint density at radius 2 is 1.80 bits per heavy atom. The Bertz CT molecular complexity index is 132. The Balaban J connectivity index is 3.86. The average Bonchev–Trinajstić information content (AvgIpc) is 1.89. The van der Waals surface area contributed by atoms with Crippen molar-refractivity contribution in [3.8, 4) is 0 Å². The average molecular weight is 140 g/mol. The highest BCUT2D eigenvalue weighted by atomic mass is 16.5. The molecule has 10 heavy (non-hydrogen) atoms. The van der Waals surface area contributed by atoms with Gasteiger partial charge in [0.05, 0.1) is 5.60 Å². The van der Waals surface area contributed by atoms with Crippen molar-refractivity contribution in [1.29, 1.82) is 0 Å². The van der Waals surface area contributed by atoms with Gasteiger partial charge in [0.1, 0.15) is 0 Å². The lowest BCUT2D eigenvalue weighted by atomic mass is 10.1. The summed E-state index contributed by atoms with van der Waals surface area (Å²) in [6, 6.07) is 0. The van der Waals surface area contributed by atoms with Gasteiger partial charge in [0, 0.05) is 7.11 Å². The molecule has 0 radical (unpaired) electrons. The van der Waals surface area contributed by atoms with Gasteiger partial charge in [-0.3, -0.25) is 0 Å². The molecule has 0 aromatic carbocycles. The lowest BCUT2D eigenvalue weighted by molar-refractivity contribution is 0.0656. The Morgan fingerprint density at radius 3 is 2.20 bits per heavy atom. The first-order valence-electron chi connectivity index (χ1n) is 3.48. The molecule has 0 amide bonds. The van der Waals surface area contributed by atoms with Crippen LogP contribution in [0.5, 0.6) is 0 Å². The van der Waals surface area contributed by atoms with E-state index in [2.05, 4.69) is 0 Å². The van der Waals surface area contributed by atoms with E-state index in [0.717, 1.165) is 0 Å². The minimum Gasteiger partial charge on any atom is -0.375 e. The molecule has 0 aliphatic heterocycles. The fraction of sp³-hybridized carbons (Fsp3) is 0.556. The van der Waals surface area contributed by atoms with E-state index in [4.69, 9.17) is 4.74 Å². The first-order chi connectivity index (χ1) is 4.62. The van der Waals surface area contributed by atoms with Crippen LogP contribution in [0.3, 0.4) is 0 Å². The van der Waals surface area contributed by atoms with Gasteiger partial charge in [-0.25, -0.2) is 0 Å². The van der Waals surface area contributed by atoms with Crippen LogP contribution in [0.4, 0.5) is 0 Å². The van der Waals surface area contributed by atoms with Crippen LogP contribution in [0, 0.1) is 0 Å². The van der Waals surface area contributed by atoms with Gasteiger partial charge in [0.15, 0.2) is 0 Å². The summed E-state index contributed by atoms with van der Waals surface area (Å²) in [5.41, 5.74) is -0.139. The van der Waals surface area contributed by atoms with Gasteiger partial charge in [-0.05, 0) is 20.8 Å². The van der Waals surface area contributed by atoms with Crippen LogP contribution in [0.15, 0.2) is 24.3 Å². The Kier molecular flexibility index (Phi) is 4.05. The number of ether oxygens (including phenoxy) is 1. The summed E-state index contributed by atoms with van der Waals surface area (Å²) >= 11 is 0. The molecule has 1 nitrogen and oxygen atoms in total. The number of methoxy groups -OCH3 is 1. The molecule has 0 N–H and O–H groups in total. The Labute approximate surface area is 63.4 Å². The van der Waals surface area contributed by atoms with Crippen LogP contribution in [0.1, 0.15) is 20.8 Å². The molecular formula is C9H16O. The third-order valence-corrected chi connectivity index (χ3v) is 1.33. The van der Waals surface area contributed by atoms with Gasteiger partial charge < -0.3 is 4.74 Å². The molecular weight excluding hydrogens is 124 g/mol. The molecule has 0 rings (SSSR count). The lowest BCUT2D eigenvalue weighted by Gasteiger charge is -2.16. The molecule has 0 aliphatic rings. The van der Waals surface area contributed by atoms with Crippen LogP contribution >= 0.6 is 0 Å². The summed E-state index contributed by atoms with van der Waals surface area (Å²) in [5.74, 6) is 0. The maximum atomic E-state index is 5.16. The minimum atomic E-state index is -0.139. The molecule has 0 aliphatic carbocycles. The van der Waals surface area contributed by atoms with E-state index < -0.39 is 0 Å². The summed E-state index contributed by atoms with van der Waals surface area (Å²) in [6.07, 6.45) is 7.99. The monoisotopic (exact) mass is 140 g/mol. The molecule has 0 aromatic heterocycles. The molecule has 0 atom stereocenters. The first-order valence-corrected chi connectivity index (χ1v) is 3.48. The number of hydrogen-bond acceptors (Lipinski definition) is 1. The van der Waals surface area contributed by atoms with E-state index in [-0.39, 0.29) is 5.60 Å². The second-order valence-corrected chi connectivity index (χ2v) is 2.69. The number of rotatable bonds is 3. The zero-order valence-electron chi connectivity index (χ0n) is 7.22. The van der Waals surface area contributed by atoms with Crippen molar-refractivity contribution in [2.45, 2.75) is 26.4 Å². The van der Waals surface area contributed by atoms with Crippen LogP contribution in [-0.4, -0.2) is 12.7 Å². The smallest absolute Gasteiger partial charge is 0.0805 e. The third-order valence-electron chi connectivity index (χ3n) is 1.33. The van der Waals surface area contributed by atoms with E-state index in [1.54, 1.807) is 7.11 Å². The van der Waals surface area contributed by atoms with Crippen LogP contribution in [-0.2, 0) is 4.74 Å². The fourth-order valence-electron chi connectivity index (χ4n) is 0.466. The molecule has 0 unspecified atom stereocenters. The molecule has 0 saturated heterocycles. The maximum absolute atomic E-state index is 5.16. The van der Waals surface area contributed by atoms with Gasteiger partial charge in [-0.1, -0.05) is 24.3 Å². The highest BCUT2D eigenvalue weighted by molar-refractivity contribution is 5.07. The van der Waals surface area contributed by atoms with E-state index >= 15 is 0 Å². The Hall–Kier alpha value is -0.560. The molecule has 0 spiro atoms. The predicted octanol–water partition coefficient (Wildman–Crippen LogP) is 2.54. The Morgan fingerprint density at radius 1 is 1.20 bits per heavy atom. The molecule has 0 fully saturated rings. The lowest BCUT2D eigenvalue weighted by Crippen LogP contribution is -2.18. The van der Waals surface area contributed by atoms with Crippen molar-refractivity contribution in [3.05, 3.63) is 24.3 Å². The minimum absolute atomic E-state index is 0.139. The van der Waals surface area contributed by atoms with Crippen LogP contribution in [0.2, 0.25) is 0 Å². The first kappa shape index (κ1) is 9.44. The van der Waals surface area contributed by atoms with Gasteiger partial charge in [0.2, 0.25) is 0 Å². The zero-order chi connectivity index (χ0) is 8.04. The highest BCUT2D eigenvalue weighted by Crippen LogP contribution is 2.08. The van der Waals surface area contributed by atoms with E-state index in [1.165, 1.54) is 0 Å². The topological polar surface area (TPSA) is 9.23 Å². The molecule has 1 heteroatoms. The molecule has 0 aromatic rings. The van der Waals surface area contributed by atoms with Crippen molar-refractivity contribution >= 4 is 0 Å². The van der Waals surface area contributed by atoms with Crippen molar-refractivity contribution in [1.82, 2.24) is 0 Å². The van der Waals surface area contributed by atoms with Crippen molar-refractivity contribution in [2.24, 2.45) is 0 Å². The van der Waals surface area contributed by atoms with Gasteiger partial charge in [-0.2, -0.15) is 0 Å². The van der Waals surface area contributed by atoms with Crippen LogP contribution < -0.4 is 0 Å². The summed E-state index contributed by atoms with van der Waals surface area (Å²) in [6.45, 7) is 6.03. The van der Waals surface area contributed by atoms with Crippen LogP contribution in [0.25, 0.3) is 0 Å². The molecule has 0 bridgehead atoms. The SMILES string of the molecule is CC=CC=CC(C)(C)OC. The number of hydrogen-bond donors (Lipinski definition) is 0. The predicted molar refractivity (Wildman–Crippen MR) is 45.0 cm³/mol. The zero-order valence-corrected chi connectivity index (χ0v) is 7.22. The van der Waals surface area contributed by atoms with Gasteiger partial charge in [0.25, 0.3) is 0 Å². The molecule has 58 valence electrons. The van der Waals surface area contributed by atoms with Gasteiger partial charge in [-0.15, -0.1) is 0 Å². The van der Waals surface area contributed by atoms with Crippen molar-refractivity contribution in [3.63, 3.8) is 0 Å². The second kappa shape index (κ2) is 4.29. The normalized spacial score (nSPS) is 13.6. The summed E-state index contributed by atoms with van der Waals surface area (Å²) in [4.78, 5) is 0. The largest absolute Gasteiger partial charge is 0.375 e. The highest BCUT2D eigenvalue weighted by Gasteiger charge is 2.09. The summed E-state index contributed by atoms with van der Waals surface area (Å²) < 4.78 is 5.16. The van der Waals surface area contributed by atoms with Crippen molar-refractivity contribution in [2.75, 3.05) is 7.11 Å². The second-order valence-electron chi connectivity index (χ2n) is 2.69. The maximum Gasteiger partial charge on any atom is 0.0805 e. The summed E-state index contributed by atoms with van der Waals surface area (Å²) in [5, 5.41) is 0. The van der Waals surface area contributed by atoms with E-state index in [1.807, 2.05) is 45.1 Å². The number of allylic oxidation sites excluding steroid dienone is 3. The van der Waals surface area contributed by atoms with Gasteiger partial charge >= 0.3 is 0 Å². The molecule has 0 saturated carbocycles. The summed E-state index contributed by atoms with van der Waals surface area (Å²) in [7, 11) is 1.71. The standard InChI is InChI=1S/C9H16O/c1-5-6-7-8-9(2,3)10-4/h5-8H,1-4H3. The fourth-order valence-corrected chi connectivity index (χ4v) is 0.466. The van der Waals surface area contributed by atoms with E-state index in [0.29, 0.717) is 0 Å². The third kappa shape index (κ3) is 4.33. The van der Waals surface area contributed by atoms with Crippen molar-refractivity contribution < 1.29 is 4.74 Å². The quantitative estimate of drug-likeness (QED) is 0.547. The van der Waals surface area contributed by atoms with E-state index in [9.17, 15) is 0 Å².